The van der Waals surface area contributed by atoms with Crippen molar-refractivity contribution in [2.45, 2.75) is 26.2 Å². The standard InChI is InChI=1S/C13H15FN2/c1-13(2,3)11-5-4-10(8-12(11)14)16-7-6-15-9-16/h4-9H,1-3H3. The molecule has 0 radical (unpaired) electrons. The summed E-state index contributed by atoms with van der Waals surface area (Å²) in [5.41, 5.74) is 1.36. The third-order valence-corrected chi connectivity index (χ3v) is 2.56. The number of nitrogens with zero attached hydrogens (tertiary/aromatic N) is 2. The molecule has 0 saturated heterocycles. The first kappa shape index (κ1) is 10.9. The Bertz CT molecular complexity index is 481. The molecule has 0 aliphatic carbocycles. The van der Waals surface area contributed by atoms with Crippen molar-refractivity contribution in [3.63, 3.8) is 0 Å². The van der Waals surface area contributed by atoms with E-state index in [1.54, 1.807) is 29.4 Å². The largest absolute Gasteiger partial charge is 0.306 e. The second-order valence-corrected chi connectivity index (χ2v) is 4.88. The summed E-state index contributed by atoms with van der Waals surface area (Å²) in [5.74, 6) is -0.168. The molecule has 0 saturated carbocycles. The fourth-order valence-corrected chi connectivity index (χ4v) is 1.68. The summed E-state index contributed by atoms with van der Waals surface area (Å²) in [4.78, 5) is 3.94. The van der Waals surface area contributed by atoms with E-state index in [0.717, 1.165) is 11.3 Å². The van der Waals surface area contributed by atoms with Gasteiger partial charge < -0.3 is 4.57 Å². The number of imidazole rings is 1. The normalized spacial score (nSPS) is 11.8. The highest BCUT2D eigenvalue weighted by Crippen LogP contribution is 2.26. The number of rotatable bonds is 1. The van der Waals surface area contributed by atoms with E-state index in [4.69, 9.17) is 0 Å². The Balaban J connectivity index is 2.45. The van der Waals surface area contributed by atoms with Crippen LogP contribution in [0.1, 0.15) is 26.3 Å². The van der Waals surface area contributed by atoms with Gasteiger partial charge >= 0.3 is 0 Å². The summed E-state index contributed by atoms with van der Waals surface area (Å²) in [7, 11) is 0. The molecule has 3 heteroatoms. The molecule has 0 atom stereocenters. The lowest BCUT2D eigenvalue weighted by atomic mass is 9.86. The summed E-state index contributed by atoms with van der Waals surface area (Å²) in [6.07, 6.45) is 5.13. The SMILES string of the molecule is CC(C)(C)c1ccc(-n2ccnc2)cc1F. The van der Waals surface area contributed by atoms with Crippen LogP contribution in [-0.4, -0.2) is 9.55 Å². The zero-order valence-corrected chi connectivity index (χ0v) is 9.74. The first-order valence-electron chi connectivity index (χ1n) is 5.27. The molecule has 1 aromatic heterocycles. The van der Waals surface area contributed by atoms with E-state index in [-0.39, 0.29) is 11.2 Å². The predicted octanol–water partition coefficient (Wildman–Crippen LogP) is 3.31. The number of halogens is 1. The van der Waals surface area contributed by atoms with E-state index < -0.39 is 0 Å². The lowest BCUT2D eigenvalue weighted by Gasteiger charge is -2.20. The van der Waals surface area contributed by atoms with E-state index in [9.17, 15) is 4.39 Å². The Kier molecular flexibility index (Phi) is 2.54. The Morgan fingerprint density at radius 1 is 1.25 bits per heavy atom. The highest BCUT2D eigenvalue weighted by atomic mass is 19.1. The van der Waals surface area contributed by atoms with E-state index in [1.165, 1.54) is 0 Å². The molecule has 0 aliphatic heterocycles. The van der Waals surface area contributed by atoms with E-state index >= 15 is 0 Å². The monoisotopic (exact) mass is 218 g/mol. The van der Waals surface area contributed by atoms with Crippen molar-refractivity contribution in [3.05, 3.63) is 48.3 Å². The van der Waals surface area contributed by atoms with Crippen LogP contribution >= 0.6 is 0 Å². The van der Waals surface area contributed by atoms with Gasteiger partial charge in [-0.15, -0.1) is 0 Å². The maximum absolute atomic E-state index is 13.9. The minimum absolute atomic E-state index is 0.168. The maximum Gasteiger partial charge on any atom is 0.129 e. The minimum atomic E-state index is -0.169. The Morgan fingerprint density at radius 2 is 2.00 bits per heavy atom. The summed E-state index contributed by atoms with van der Waals surface area (Å²) >= 11 is 0. The molecule has 1 aromatic carbocycles. The first-order chi connectivity index (χ1) is 7.48. The van der Waals surface area contributed by atoms with Crippen LogP contribution in [0, 0.1) is 5.82 Å². The van der Waals surface area contributed by atoms with Crippen LogP contribution in [0.3, 0.4) is 0 Å². The number of hydrogen-bond donors (Lipinski definition) is 0. The Morgan fingerprint density at radius 3 is 2.50 bits per heavy atom. The molecule has 0 N–H and O–H groups in total. The smallest absolute Gasteiger partial charge is 0.129 e. The molecular weight excluding hydrogens is 203 g/mol. The van der Waals surface area contributed by atoms with Crippen LogP contribution in [0.25, 0.3) is 5.69 Å². The second-order valence-electron chi connectivity index (χ2n) is 4.88. The molecule has 0 unspecified atom stereocenters. The molecule has 1 heterocycles. The summed E-state index contributed by atoms with van der Waals surface area (Å²) in [6, 6.07) is 5.29. The van der Waals surface area contributed by atoms with Gasteiger partial charge in [-0.05, 0) is 23.1 Å². The van der Waals surface area contributed by atoms with Crippen molar-refractivity contribution in [3.8, 4) is 5.69 Å². The van der Waals surface area contributed by atoms with Gasteiger partial charge in [0.05, 0.1) is 6.33 Å². The molecule has 16 heavy (non-hydrogen) atoms. The molecule has 2 nitrogen and oxygen atoms in total. The van der Waals surface area contributed by atoms with Crippen molar-refractivity contribution < 1.29 is 4.39 Å². The number of benzene rings is 1. The Labute approximate surface area is 94.8 Å². The lowest BCUT2D eigenvalue weighted by molar-refractivity contribution is 0.522. The molecular formula is C13H15FN2. The number of hydrogen-bond acceptors (Lipinski definition) is 1. The quantitative estimate of drug-likeness (QED) is 0.718. The van der Waals surface area contributed by atoms with Crippen molar-refractivity contribution in [1.29, 1.82) is 0 Å². The highest BCUT2D eigenvalue weighted by Gasteiger charge is 2.18. The highest BCUT2D eigenvalue weighted by molar-refractivity contribution is 5.38. The van der Waals surface area contributed by atoms with E-state index in [0.29, 0.717) is 0 Å². The summed E-state index contributed by atoms with van der Waals surface area (Å²) in [6.45, 7) is 6.01. The van der Waals surface area contributed by atoms with Crippen LogP contribution < -0.4 is 0 Å². The van der Waals surface area contributed by atoms with Crippen molar-refractivity contribution in [2.75, 3.05) is 0 Å². The topological polar surface area (TPSA) is 17.8 Å². The van der Waals surface area contributed by atoms with Crippen LogP contribution in [0.2, 0.25) is 0 Å². The van der Waals surface area contributed by atoms with Crippen LogP contribution in [0.5, 0.6) is 0 Å². The average Bonchev–Trinajstić information content (AvgIpc) is 2.68. The van der Waals surface area contributed by atoms with Crippen LogP contribution in [-0.2, 0) is 5.41 Å². The molecule has 0 fully saturated rings. The summed E-state index contributed by atoms with van der Waals surface area (Å²) < 4.78 is 15.7. The third kappa shape index (κ3) is 1.98. The molecule has 0 aliphatic rings. The van der Waals surface area contributed by atoms with E-state index in [2.05, 4.69) is 4.98 Å². The Hall–Kier alpha value is -1.64. The fraction of sp³-hybridized carbons (Fsp3) is 0.308. The lowest BCUT2D eigenvalue weighted by Crippen LogP contribution is -2.13. The van der Waals surface area contributed by atoms with Gasteiger partial charge in [-0.2, -0.15) is 0 Å². The van der Waals surface area contributed by atoms with Gasteiger partial charge in [-0.1, -0.05) is 26.8 Å². The van der Waals surface area contributed by atoms with Gasteiger partial charge in [0.25, 0.3) is 0 Å². The van der Waals surface area contributed by atoms with Crippen molar-refractivity contribution in [1.82, 2.24) is 9.55 Å². The van der Waals surface area contributed by atoms with E-state index in [1.807, 2.05) is 32.9 Å². The van der Waals surface area contributed by atoms with Crippen molar-refractivity contribution >= 4 is 0 Å². The molecule has 2 aromatic rings. The fourth-order valence-electron chi connectivity index (χ4n) is 1.68. The van der Waals surface area contributed by atoms with Crippen molar-refractivity contribution in [2.24, 2.45) is 0 Å². The molecule has 0 spiro atoms. The first-order valence-corrected chi connectivity index (χ1v) is 5.27. The van der Waals surface area contributed by atoms with Gasteiger partial charge in [0.1, 0.15) is 5.82 Å². The average molecular weight is 218 g/mol. The molecule has 0 bridgehead atoms. The zero-order valence-electron chi connectivity index (χ0n) is 9.74. The van der Waals surface area contributed by atoms with Gasteiger partial charge in [0, 0.05) is 18.1 Å². The molecule has 84 valence electrons. The maximum atomic E-state index is 13.9. The van der Waals surface area contributed by atoms with Crippen LogP contribution in [0.15, 0.2) is 36.9 Å². The van der Waals surface area contributed by atoms with Gasteiger partial charge in [0.15, 0.2) is 0 Å². The predicted molar refractivity (Wildman–Crippen MR) is 62.2 cm³/mol. The van der Waals surface area contributed by atoms with Gasteiger partial charge in [-0.3, -0.25) is 0 Å². The van der Waals surface area contributed by atoms with Gasteiger partial charge in [0.2, 0.25) is 0 Å². The van der Waals surface area contributed by atoms with Gasteiger partial charge in [-0.25, -0.2) is 9.37 Å². The minimum Gasteiger partial charge on any atom is -0.306 e. The third-order valence-electron chi connectivity index (χ3n) is 2.56. The molecule has 0 amide bonds. The van der Waals surface area contributed by atoms with Crippen LogP contribution in [0.4, 0.5) is 4.39 Å². The number of aromatic nitrogens is 2. The summed E-state index contributed by atoms with van der Waals surface area (Å²) in [5, 5.41) is 0. The zero-order chi connectivity index (χ0) is 11.8. The molecule has 2 rings (SSSR count). The second kappa shape index (κ2) is 3.74.